The largest absolute Gasteiger partial charge is 0.334 e. The Kier molecular flexibility index (Phi) is 7.16. The summed E-state index contributed by atoms with van der Waals surface area (Å²) in [5.41, 5.74) is 1.79. The predicted molar refractivity (Wildman–Crippen MR) is 114 cm³/mol. The van der Waals surface area contributed by atoms with Crippen molar-refractivity contribution in [2.75, 3.05) is 13.1 Å². The molecule has 0 bridgehead atoms. The molecule has 29 heavy (non-hydrogen) atoms. The molecule has 3 rings (SSSR count). The normalized spacial score (nSPS) is 16.2. The quantitative estimate of drug-likeness (QED) is 0.717. The number of carbonyl (C=O) groups excluding carboxylic acids is 1. The number of nitrogens with zero attached hydrogens (tertiary/aromatic N) is 1. The topological polar surface area (TPSA) is 78.5 Å². The van der Waals surface area contributed by atoms with Gasteiger partial charge in [-0.15, -0.1) is 0 Å². The average Bonchev–Trinajstić information content (AvgIpc) is 2.73. The number of hydrogen-bond acceptors (Lipinski definition) is 3. The number of carbonyl (C=O) groups is 1. The lowest BCUT2D eigenvalue weighted by Crippen LogP contribution is -2.36. The van der Waals surface area contributed by atoms with E-state index in [1.807, 2.05) is 19.1 Å². The summed E-state index contributed by atoms with van der Waals surface area (Å²) in [7, 11) is -3.44. The van der Waals surface area contributed by atoms with Crippen molar-refractivity contribution in [3.63, 3.8) is 0 Å². The minimum atomic E-state index is -3.44. The molecule has 1 saturated heterocycles. The van der Waals surface area contributed by atoms with Crippen LogP contribution < -0.4 is 10.6 Å². The molecule has 0 spiro atoms. The van der Waals surface area contributed by atoms with Crippen LogP contribution in [0.2, 0.25) is 5.02 Å². The highest BCUT2D eigenvalue weighted by Gasteiger charge is 2.25. The SMILES string of the molecule is C[C@H](NC(=O)NCc1ccc(S(=O)(=O)N2CCCCC2)cc1)c1ccc(Cl)cc1. The lowest BCUT2D eigenvalue weighted by Gasteiger charge is -2.25. The number of urea groups is 1. The summed E-state index contributed by atoms with van der Waals surface area (Å²) in [5, 5.41) is 6.31. The van der Waals surface area contributed by atoms with Crippen molar-refractivity contribution in [3.05, 3.63) is 64.7 Å². The first-order chi connectivity index (χ1) is 13.9. The monoisotopic (exact) mass is 435 g/mol. The van der Waals surface area contributed by atoms with E-state index in [9.17, 15) is 13.2 Å². The van der Waals surface area contributed by atoms with Crippen molar-refractivity contribution in [3.8, 4) is 0 Å². The van der Waals surface area contributed by atoms with Crippen molar-refractivity contribution in [1.29, 1.82) is 0 Å². The Morgan fingerprint density at radius 1 is 1.03 bits per heavy atom. The molecule has 0 aliphatic carbocycles. The van der Waals surface area contributed by atoms with Gasteiger partial charge in [-0.25, -0.2) is 13.2 Å². The molecule has 1 fully saturated rings. The summed E-state index contributed by atoms with van der Waals surface area (Å²) in [4.78, 5) is 12.4. The minimum absolute atomic E-state index is 0.163. The smallest absolute Gasteiger partial charge is 0.315 e. The second-order valence-electron chi connectivity index (χ2n) is 7.21. The zero-order valence-corrected chi connectivity index (χ0v) is 18.0. The molecular weight excluding hydrogens is 410 g/mol. The number of hydrogen-bond donors (Lipinski definition) is 2. The number of benzene rings is 2. The number of nitrogens with one attached hydrogen (secondary N) is 2. The van der Waals surface area contributed by atoms with Crippen LogP contribution in [0.1, 0.15) is 43.4 Å². The minimum Gasteiger partial charge on any atom is -0.334 e. The lowest BCUT2D eigenvalue weighted by atomic mass is 10.1. The van der Waals surface area contributed by atoms with E-state index >= 15 is 0 Å². The van der Waals surface area contributed by atoms with Gasteiger partial charge >= 0.3 is 6.03 Å². The Morgan fingerprint density at radius 3 is 2.28 bits per heavy atom. The van der Waals surface area contributed by atoms with Gasteiger partial charge in [0.25, 0.3) is 0 Å². The van der Waals surface area contributed by atoms with E-state index in [1.165, 1.54) is 0 Å². The molecule has 156 valence electrons. The number of halogens is 1. The second-order valence-corrected chi connectivity index (χ2v) is 9.58. The maximum Gasteiger partial charge on any atom is 0.315 e. The van der Waals surface area contributed by atoms with Crippen LogP contribution >= 0.6 is 11.6 Å². The van der Waals surface area contributed by atoms with Crippen LogP contribution in [0.5, 0.6) is 0 Å². The van der Waals surface area contributed by atoms with Crippen molar-refractivity contribution in [1.82, 2.24) is 14.9 Å². The molecule has 1 aliphatic heterocycles. The van der Waals surface area contributed by atoms with E-state index in [1.54, 1.807) is 40.7 Å². The van der Waals surface area contributed by atoms with Gasteiger partial charge in [-0.3, -0.25) is 0 Å². The third-order valence-corrected chi connectivity index (χ3v) is 7.21. The van der Waals surface area contributed by atoms with E-state index < -0.39 is 10.0 Å². The molecular formula is C21H26ClN3O3S. The fourth-order valence-electron chi connectivity index (χ4n) is 3.30. The van der Waals surface area contributed by atoms with Gasteiger partial charge < -0.3 is 10.6 Å². The molecule has 2 N–H and O–H groups in total. The summed E-state index contributed by atoms with van der Waals surface area (Å²) >= 11 is 5.88. The molecule has 0 unspecified atom stereocenters. The summed E-state index contributed by atoms with van der Waals surface area (Å²) in [6.45, 7) is 3.36. The van der Waals surface area contributed by atoms with Gasteiger partial charge in [-0.2, -0.15) is 4.31 Å². The molecule has 2 aromatic carbocycles. The van der Waals surface area contributed by atoms with Gasteiger partial charge in [-0.05, 0) is 55.2 Å². The maximum absolute atomic E-state index is 12.7. The number of amides is 2. The summed E-state index contributed by atoms with van der Waals surface area (Å²) in [5.74, 6) is 0. The van der Waals surface area contributed by atoms with Gasteiger partial charge in [0.1, 0.15) is 0 Å². The molecule has 1 heterocycles. The van der Waals surface area contributed by atoms with Crippen molar-refractivity contribution < 1.29 is 13.2 Å². The molecule has 2 aromatic rings. The molecule has 8 heteroatoms. The predicted octanol–water partition coefficient (Wildman–Crippen LogP) is 4.08. The first-order valence-electron chi connectivity index (χ1n) is 9.75. The Balaban J connectivity index is 1.53. The highest BCUT2D eigenvalue weighted by molar-refractivity contribution is 7.89. The fraction of sp³-hybridized carbons (Fsp3) is 0.381. The highest BCUT2D eigenvalue weighted by atomic mass is 35.5. The van der Waals surface area contributed by atoms with Crippen LogP contribution in [0.25, 0.3) is 0 Å². The molecule has 1 aliphatic rings. The first kappa shape index (κ1) is 21.6. The molecule has 0 saturated carbocycles. The molecule has 1 atom stereocenters. The van der Waals surface area contributed by atoms with E-state index in [0.717, 1.165) is 30.4 Å². The number of piperidine rings is 1. The molecule has 0 aromatic heterocycles. The van der Waals surface area contributed by atoms with Gasteiger partial charge in [-0.1, -0.05) is 42.3 Å². The third-order valence-electron chi connectivity index (χ3n) is 5.05. The third kappa shape index (κ3) is 5.72. The maximum atomic E-state index is 12.7. The standard InChI is InChI=1S/C21H26ClN3O3S/c1-16(18-7-9-19(22)10-8-18)24-21(26)23-15-17-5-11-20(12-6-17)29(27,28)25-13-3-2-4-14-25/h5-12,16H,2-4,13-15H2,1H3,(H2,23,24,26)/t16-/m0/s1. The van der Waals surface area contributed by atoms with Gasteiger partial charge in [0.15, 0.2) is 0 Å². The van der Waals surface area contributed by atoms with E-state index in [2.05, 4.69) is 10.6 Å². The molecule has 6 nitrogen and oxygen atoms in total. The second kappa shape index (κ2) is 9.61. The fourth-order valence-corrected chi connectivity index (χ4v) is 4.94. The Morgan fingerprint density at radius 2 is 1.66 bits per heavy atom. The van der Waals surface area contributed by atoms with Crippen LogP contribution in [-0.2, 0) is 16.6 Å². The van der Waals surface area contributed by atoms with Crippen LogP contribution in [0.3, 0.4) is 0 Å². The van der Waals surface area contributed by atoms with Crippen LogP contribution in [0.4, 0.5) is 4.79 Å². The van der Waals surface area contributed by atoms with Crippen LogP contribution in [-0.4, -0.2) is 31.8 Å². The first-order valence-corrected chi connectivity index (χ1v) is 11.6. The Hall–Kier alpha value is -2.09. The van der Waals surface area contributed by atoms with E-state index in [4.69, 9.17) is 11.6 Å². The van der Waals surface area contributed by atoms with Gasteiger partial charge in [0, 0.05) is 24.7 Å². The van der Waals surface area contributed by atoms with Crippen molar-refractivity contribution in [2.24, 2.45) is 0 Å². The highest BCUT2D eigenvalue weighted by Crippen LogP contribution is 2.21. The zero-order valence-electron chi connectivity index (χ0n) is 16.4. The summed E-state index contributed by atoms with van der Waals surface area (Å²) in [6.07, 6.45) is 2.89. The number of rotatable bonds is 6. The molecule has 0 radical (unpaired) electrons. The summed E-state index contributed by atoms with van der Waals surface area (Å²) in [6, 6.07) is 13.5. The Labute approximate surface area is 177 Å². The van der Waals surface area contributed by atoms with Crippen molar-refractivity contribution >= 4 is 27.7 Å². The van der Waals surface area contributed by atoms with E-state index in [-0.39, 0.29) is 12.1 Å². The van der Waals surface area contributed by atoms with Gasteiger partial charge in [0.05, 0.1) is 10.9 Å². The Bertz CT molecular complexity index is 925. The van der Waals surface area contributed by atoms with Crippen LogP contribution in [0.15, 0.2) is 53.4 Å². The number of sulfonamides is 1. The van der Waals surface area contributed by atoms with Crippen LogP contribution in [0, 0.1) is 0 Å². The van der Waals surface area contributed by atoms with E-state index in [0.29, 0.717) is 29.6 Å². The zero-order chi connectivity index (χ0) is 20.9. The molecule has 2 amide bonds. The average molecular weight is 436 g/mol. The van der Waals surface area contributed by atoms with Crippen molar-refractivity contribution in [2.45, 2.75) is 43.7 Å². The lowest BCUT2D eigenvalue weighted by molar-refractivity contribution is 0.237. The summed E-state index contributed by atoms with van der Waals surface area (Å²) < 4.78 is 26.9. The van der Waals surface area contributed by atoms with Gasteiger partial charge in [0.2, 0.25) is 10.0 Å².